The largest absolute Gasteiger partial charge is 0.497 e. The number of piperidine rings is 1. The molecule has 1 atom stereocenters. The van der Waals surface area contributed by atoms with E-state index in [-0.39, 0.29) is 11.8 Å². The van der Waals surface area contributed by atoms with E-state index >= 15 is 0 Å². The van der Waals surface area contributed by atoms with Crippen molar-refractivity contribution < 1.29 is 31.8 Å². The number of hydrogen-bond donors (Lipinski definition) is 2. The molecule has 1 amide bonds. The van der Waals surface area contributed by atoms with Gasteiger partial charge in [0.2, 0.25) is 10.0 Å². The van der Waals surface area contributed by atoms with Crippen LogP contribution in [0.5, 0.6) is 17.2 Å². The number of aryl methyl sites for hydroxylation is 1. The molecule has 0 spiro atoms. The first-order valence-electron chi connectivity index (χ1n) is 14.6. The van der Waals surface area contributed by atoms with Gasteiger partial charge in [0, 0.05) is 41.7 Å². The predicted molar refractivity (Wildman–Crippen MR) is 173 cm³/mol. The average Bonchev–Trinajstić information content (AvgIpc) is 3.02. The van der Waals surface area contributed by atoms with Gasteiger partial charge in [0.15, 0.2) is 0 Å². The molecule has 12 heteroatoms. The van der Waals surface area contributed by atoms with Gasteiger partial charge >= 0.3 is 5.63 Å². The molecule has 3 aromatic carbocycles. The smallest absolute Gasteiger partial charge is 0.360 e. The fraction of sp³-hybridized carbons (Fsp3) is 0.333. The molecule has 1 saturated heterocycles. The molecule has 0 aliphatic carbocycles. The van der Waals surface area contributed by atoms with Crippen LogP contribution in [0.15, 0.2) is 69.9 Å². The number of benzene rings is 3. The molecule has 1 aliphatic heterocycles. The lowest BCUT2D eigenvalue weighted by Crippen LogP contribution is -2.44. The average molecular weight is 636 g/mol. The molecule has 0 saturated carbocycles. The second kappa shape index (κ2) is 13.7. The lowest BCUT2D eigenvalue weighted by molar-refractivity contribution is 0.0895. The molecule has 1 aliphatic rings. The Labute approximate surface area is 262 Å². The maximum atomic E-state index is 13.3. The van der Waals surface area contributed by atoms with Gasteiger partial charge in [-0.2, -0.15) is 0 Å². The zero-order valence-corrected chi connectivity index (χ0v) is 26.5. The van der Waals surface area contributed by atoms with E-state index in [9.17, 15) is 18.0 Å². The number of nitrogens with zero attached hydrogens (tertiary/aromatic N) is 1. The molecule has 5 rings (SSSR count). The van der Waals surface area contributed by atoms with Crippen LogP contribution < -0.4 is 29.9 Å². The van der Waals surface area contributed by atoms with E-state index in [1.807, 2.05) is 37.3 Å². The number of likely N-dealkylation sites (tertiary alicyclic amines) is 1. The monoisotopic (exact) mass is 635 g/mol. The minimum Gasteiger partial charge on any atom is -0.497 e. The summed E-state index contributed by atoms with van der Waals surface area (Å²) in [5, 5.41) is 3.34. The van der Waals surface area contributed by atoms with Crippen molar-refractivity contribution in [3.05, 3.63) is 82.2 Å². The first kappa shape index (κ1) is 32.0. The summed E-state index contributed by atoms with van der Waals surface area (Å²) in [4.78, 5) is 28.5. The van der Waals surface area contributed by atoms with Crippen LogP contribution in [0.1, 0.15) is 28.8 Å². The van der Waals surface area contributed by atoms with Gasteiger partial charge in [-0.3, -0.25) is 9.69 Å². The molecule has 0 bridgehead atoms. The second-order valence-electron chi connectivity index (χ2n) is 11.0. The van der Waals surface area contributed by atoms with Crippen molar-refractivity contribution in [3.63, 3.8) is 0 Å². The molecule has 0 radical (unpaired) electrons. The quantitative estimate of drug-likeness (QED) is 0.229. The summed E-state index contributed by atoms with van der Waals surface area (Å²) in [6.45, 7) is 4.28. The van der Waals surface area contributed by atoms with Gasteiger partial charge < -0.3 is 23.9 Å². The third-order valence-electron chi connectivity index (χ3n) is 7.74. The fourth-order valence-corrected chi connectivity index (χ4v) is 5.92. The highest BCUT2D eigenvalue weighted by Gasteiger charge is 2.23. The number of ether oxygens (including phenoxy) is 3. The normalized spacial score (nSPS) is 15.5. The van der Waals surface area contributed by atoms with E-state index in [1.165, 1.54) is 0 Å². The van der Waals surface area contributed by atoms with Crippen molar-refractivity contribution in [1.82, 2.24) is 9.62 Å². The van der Waals surface area contributed by atoms with Crippen LogP contribution in [0.3, 0.4) is 0 Å². The molecule has 4 aromatic rings. The van der Waals surface area contributed by atoms with Crippen molar-refractivity contribution in [2.24, 2.45) is 0 Å². The van der Waals surface area contributed by atoms with Crippen LogP contribution in [-0.2, 0) is 10.0 Å². The molecule has 1 fully saturated rings. The van der Waals surface area contributed by atoms with Crippen molar-refractivity contribution in [1.29, 1.82) is 0 Å². The van der Waals surface area contributed by atoms with Gasteiger partial charge in [-0.05, 0) is 80.4 Å². The van der Waals surface area contributed by atoms with Gasteiger partial charge in [0.05, 0.1) is 20.5 Å². The van der Waals surface area contributed by atoms with Crippen LogP contribution in [0.4, 0.5) is 5.69 Å². The van der Waals surface area contributed by atoms with E-state index in [1.54, 1.807) is 44.6 Å². The minimum atomic E-state index is -3.23. The maximum absolute atomic E-state index is 13.3. The van der Waals surface area contributed by atoms with Crippen LogP contribution in [-0.4, -0.2) is 72.0 Å². The van der Waals surface area contributed by atoms with Gasteiger partial charge in [-0.15, -0.1) is 0 Å². The summed E-state index contributed by atoms with van der Waals surface area (Å²) < 4.78 is 48.1. The molecular weight excluding hydrogens is 598 g/mol. The number of rotatable bonds is 11. The number of amides is 1. The van der Waals surface area contributed by atoms with Crippen LogP contribution in [0.25, 0.3) is 22.1 Å². The molecule has 1 aromatic heterocycles. The fourth-order valence-electron chi connectivity index (χ4n) is 5.46. The van der Waals surface area contributed by atoms with Crippen molar-refractivity contribution >= 4 is 32.6 Å². The zero-order valence-electron chi connectivity index (χ0n) is 25.7. The Balaban J connectivity index is 1.31. The van der Waals surface area contributed by atoms with Crippen molar-refractivity contribution in [2.75, 3.05) is 52.0 Å². The molecule has 238 valence electrons. The number of carbonyl (C=O) groups excluding carboxylic acids is 1. The number of fused-ring (bicyclic) bond motifs is 1. The highest BCUT2D eigenvalue weighted by Crippen LogP contribution is 2.34. The second-order valence-corrected chi connectivity index (χ2v) is 12.8. The van der Waals surface area contributed by atoms with Crippen molar-refractivity contribution in [3.8, 4) is 28.4 Å². The topological polar surface area (TPSA) is 136 Å². The Kier molecular flexibility index (Phi) is 9.76. The maximum Gasteiger partial charge on any atom is 0.360 e. The molecule has 2 heterocycles. The van der Waals surface area contributed by atoms with Gasteiger partial charge in [-0.1, -0.05) is 12.1 Å². The molecular formula is C33H37N3O8S. The number of methoxy groups -OCH3 is 2. The van der Waals surface area contributed by atoms with E-state index in [0.717, 1.165) is 31.2 Å². The summed E-state index contributed by atoms with van der Waals surface area (Å²) in [6.07, 6.45) is 2.83. The molecule has 2 N–H and O–H groups in total. The Morgan fingerprint density at radius 2 is 1.84 bits per heavy atom. The Hall–Kier alpha value is -4.39. The minimum absolute atomic E-state index is 0.0185. The lowest BCUT2D eigenvalue weighted by atomic mass is 10.0. The van der Waals surface area contributed by atoms with E-state index in [0.29, 0.717) is 64.5 Å². The highest BCUT2D eigenvalue weighted by molar-refractivity contribution is 7.88. The standard InChI is InChI=1S/C33H37N3O8S/c1-21-29(43-26-9-6-15-36(20-26)16-14-34-45(4,39)40)12-10-23-19-28(33(38)44-31(21)23)35-32(37)24-11-13-30(42-3)27(18-24)22-7-5-8-25(17-22)41-2/h5,7-8,10-13,17-19,26,34H,6,9,14-16,20H2,1-4H3,(H,35,37). The van der Waals surface area contributed by atoms with Crippen LogP contribution in [0, 0.1) is 6.92 Å². The number of hydrogen-bond acceptors (Lipinski definition) is 9. The lowest BCUT2D eigenvalue weighted by Gasteiger charge is -2.33. The number of carbonyl (C=O) groups is 1. The van der Waals surface area contributed by atoms with Crippen LogP contribution >= 0.6 is 0 Å². The molecule has 11 nitrogen and oxygen atoms in total. The Morgan fingerprint density at radius 3 is 2.60 bits per heavy atom. The summed E-state index contributed by atoms with van der Waals surface area (Å²) >= 11 is 0. The Bertz CT molecular complexity index is 1870. The Morgan fingerprint density at radius 1 is 1.04 bits per heavy atom. The summed E-state index contributed by atoms with van der Waals surface area (Å²) in [7, 11) is -0.0900. The van der Waals surface area contributed by atoms with E-state index < -0.39 is 21.6 Å². The van der Waals surface area contributed by atoms with E-state index in [2.05, 4.69) is 14.9 Å². The number of nitrogens with one attached hydrogen (secondary N) is 2. The SMILES string of the molecule is COc1cccc(-c2cc(C(=O)Nc3cc4ccc(OC5CCCN(CCNS(C)(=O)=O)C5)c(C)c4oc3=O)ccc2OC)c1. The van der Waals surface area contributed by atoms with Gasteiger partial charge in [0.1, 0.15) is 34.6 Å². The third-order valence-corrected chi connectivity index (χ3v) is 8.47. The first-order valence-corrected chi connectivity index (χ1v) is 16.5. The first-order chi connectivity index (χ1) is 21.5. The summed E-state index contributed by atoms with van der Waals surface area (Å²) in [5.41, 5.74) is 2.24. The number of sulfonamides is 1. The van der Waals surface area contributed by atoms with Crippen LogP contribution in [0.2, 0.25) is 0 Å². The predicted octanol–water partition coefficient (Wildman–Crippen LogP) is 4.43. The highest BCUT2D eigenvalue weighted by atomic mass is 32.2. The zero-order chi connectivity index (χ0) is 32.1. The summed E-state index contributed by atoms with van der Waals surface area (Å²) in [6, 6.07) is 17.7. The van der Waals surface area contributed by atoms with Gasteiger partial charge in [-0.25, -0.2) is 17.9 Å². The third kappa shape index (κ3) is 7.83. The molecule has 45 heavy (non-hydrogen) atoms. The van der Waals surface area contributed by atoms with Gasteiger partial charge in [0.25, 0.3) is 5.91 Å². The number of anilines is 1. The molecule has 1 unspecified atom stereocenters. The van der Waals surface area contributed by atoms with E-state index in [4.69, 9.17) is 18.6 Å². The van der Waals surface area contributed by atoms with Crippen molar-refractivity contribution in [2.45, 2.75) is 25.9 Å². The summed E-state index contributed by atoms with van der Waals surface area (Å²) in [5.74, 6) is 1.39.